The molecule has 1 aromatic carbocycles. The Bertz CT molecular complexity index is 1070. The monoisotopic (exact) mass is 492 g/mol. The van der Waals surface area contributed by atoms with E-state index in [-0.39, 0.29) is 35.6 Å². The highest BCUT2D eigenvalue weighted by Crippen LogP contribution is 2.35. The van der Waals surface area contributed by atoms with Crippen molar-refractivity contribution in [2.45, 2.75) is 69.6 Å². The zero-order valence-electron chi connectivity index (χ0n) is 20.6. The van der Waals surface area contributed by atoms with Crippen LogP contribution in [0.15, 0.2) is 23.1 Å². The number of benzene rings is 1. The molecule has 2 N–H and O–H groups in total. The predicted molar refractivity (Wildman–Crippen MR) is 129 cm³/mol. The van der Waals surface area contributed by atoms with Gasteiger partial charge in [0, 0.05) is 37.5 Å². The molecule has 1 aliphatic carbocycles. The Morgan fingerprint density at radius 1 is 1.35 bits per heavy atom. The molecule has 8 nitrogen and oxygen atoms in total. The highest BCUT2D eigenvalue weighted by molar-refractivity contribution is 7.89. The molecule has 9 heteroatoms. The number of fused-ring (bicyclic) bond motifs is 1. The van der Waals surface area contributed by atoms with Gasteiger partial charge in [-0.1, -0.05) is 18.8 Å². The summed E-state index contributed by atoms with van der Waals surface area (Å²) in [6, 6.07) is 3.96. The predicted octanol–water partition coefficient (Wildman–Crippen LogP) is 1.84. The topological polar surface area (TPSA) is 107 Å². The normalized spacial score (nSPS) is 23.4. The van der Waals surface area contributed by atoms with Crippen molar-refractivity contribution < 1.29 is 28.2 Å². The van der Waals surface area contributed by atoms with Crippen LogP contribution in [0.2, 0.25) is 0 Å². The number of nitrogens with zero attached hydrogens (tertiary/aromatic N) is 2. The zero-order chi connectivity index (χ0) is 25.3. The minimum Gasteiger partial charge on any atom is -0.487 e. The quantitative estimate of drug-likeness (QED) is 0.587. The minimum atomic E-state index is -3.95. The van der Waals surface area contributed by atoms with Gasteiger partial charge in [0.15, 0.2) is 0 Å². The third-order valence-electron chi connectivity index (χ3n) is 6.22. The number of likely N-dealkylation sites (N-methyl/N-ethyl adjacent to an activating group) is 1. The van der Waals surface area contributed by atoms with E-state index in [1.807, 2.05) is 6.92 Å². The van der Waals surface area contributed by atoms with Crippen LogP contribution in [0.4, 0.5) is 0 Å². The lowest BCUT2D eigenvalue weighted by molar-refractivity contribution is -0.131. The van der Waals surface area contributed by atoms with Gasteiger partial charge in [-0.15, -0.1) is 0 Å². The molecule has 0 unspecified atom stereocenters. The second kappa shape index (κ2) is 10.2. The van der Waals surface area contributed by atoms with Crippen molar-refractivity contribution in [3.05, 3.63) is 23.8 Å². The number of ether oxygens (including phenoxy) is 1. The lowest BCUT2D eigenvalue weighted by Crippen LogP contribution is -2.50. The molecule has 3 atom stereocenters. The van der Waals surface area contributed by atoms with Crippen LogP contribution < -0.4 is 4.74 Å². The fourth-order valence-electron chi connectivity index (χ4n) is 3.84. The molecule has 2 aliphatic rings. The van der Waals surface area contributed by atoms with Gasteiger partial charge in [-0.2, -0.15) is 4.31 Å². The summed E-state index contributed by atoms with van der Waals surface area (Å²) >= 11 is 0. The second-order valence-corrected chi connectivity index (χ2v) is 12.0. The largest absolute Gasteiger partial charge is 0.487 e. The first kappa shape index (κ1) is 26.5. The van der Waals surface area contributed by atoms with Crippen LogP contribution in [0.5, 0.6) is 5.75 Å². The number of aliphatic hydroxyl groups excluding tert-OH is 1. The number of carbonyl (C=O) groups excluding carboxylic acids is 1. The number of amides is 1. The van der Waals surface area contributed by atoms with Crippen molar-refractivity contribution >= 4 is 15.9 Å². The van der Waals surface area contributed by atoms with E-state index in [1.165, 1.54) is 10.4 Å². The Morgan fingerprint density at radius 3 is 2.62 bits per heavy atom. The molecule has 1 aliphatic heterocycles. The molecule has 3 rings (SSSR count). The molecule has 1 fully saturated rings. The van der Waals surface area contributed by atoms with Crippen molar-refractivity contribution in [2.24, 2.45) is 11.8 Å². The number of hydrogen-bond donors (Lipinski definition) is 2. The van der Waals surface area contributed by atoms with Crippen molar-refractivity contribution in [2.75, 3.05) is 26.7 Å². The molecule has 34 heavy (non-hydrogen) atoms. The summed E-state index contributed by atoms with van der Waals surface area (Å²) in [5.74, 6) is 6.01. The molecular formula is C25H36N2O6S. The van der Waals surface area contributed by atoms with Crippen LogP contribution >= 0.6 is 0 Å². The van der Waals surface area contributed by atoms with Gasteiger partial charge in [0.05, 0.1) is 13.2 Å². The number of rotatable bonds is 6. The number of aliphatic hydroxyl groups is 2. The Balaban J connectivity index is 2.00. The summed E-state index contributed by atoms with van der Waals surface area (Å²) in [6.07, 6.45) is 2.23. The van der Waals surface area contributed by atoms with Gasteiger partial charge in [0.25, 0.3) is 0 Å². The van der Waals surface area contributed by atoms with Gasteiger partial charge in [-0.3, -0.25) is 4.79 Å². The first-order chi connectivity index (χ1) is 15.8. The molecule has 188 valence electrons. The van der Waals surface area contributed by atoms with E-state index >= 15 is 0 Å². The summed E-state index contributed by atoms with van der Waals surface area (Å²) in [6.45, 7) is 6.83. The van der Waals surface area contributed by atoms with E-state index in [0.29, 0.717) is 24.4 Å². The average molecular weight is 493 g/mol. The molecule has 0 radical (unpaired) electrons. The second-order valence-electron chi connectivity index (χ2n) is 10.1. The van der Waals surface area contributed by atoms with Crippen LogP contribution in [-0.4, -0.2) is 78.2 Å². The van der Waals surface area contributed by atoms with Gasteiger partial charge < -0.3 is 19.8 Å². The van der Waals surface area contributed by atoms with Crippen LogP contribution in [0, 0.1) is 23.7 Å². The molecule has 1 aromatic rings. The highest BCUT2D eigenvalue weighted by atomic mass is 32.2. The molecule has 1 saturated carbocycles. The fourth-order valence-corrected chi connectivity index (χ4v) is 5.67. The maximum absolute atomic E-state index is 13.5. The maximum atomic E-state index is 13.5. The number of carbonyl (C=O) groups is 1. The van der Waals surface area contributed by atoms with E-state index in [4.69, 9.17) is 4.74 Å². The number of hydrogen-bond acceptors (Lipinski definition) is 6. The van der Waals surface area contributed by atoms with Gasteiger partial charge in [-0.05, 0) is 57.7 Å². The van der Waals surface area contributed by atoms with Gasteiger partial charge >= 0.3 is 0 Å². The molecule has 1 heterocycles. The number of sulfonamides is 1. The SMILES string of the molecule is C[C@H]1CN([C@@H](C)CO)S(=O)(=O)c2ccc(C#CC(C)(C)O)cc2O[C@@H]1CN(C)C(=O)CC1CC1. The Kier molecular flexibility index (Phi) is 7.98. The maximum Gasteiger partial charge on any atom is 0.247 e. The summed E-state index contributed by atoms with van der Waals surface area (Å²) in [4.78, 5) is 14.3. The summed E-state index contributed by atoms with van der Waals surface area (Å²) in [5.41, 5.74) is -0.699. The van der Waals surface area contributed by atoms with Gasteiger partial charge in [0.2, 0.25) is 15.9 Å². The standard InChI is InChI=1S/C25H36N2O6S/c1-17-14-27(18(2)16-28)34(31,32)23-9-8-20(10-11-25(3,4)30)12-21(23)33-22(17)15-26(5)24(29)13-19-6-7-19/h8-9,12,17-19,22,28,30H,6-7,13-16H2,1-5H3/t17-,18-,22+/m0/s1. The molecule has 0 aromatic heterocycles. The molecule has 0 saturated heterocycles. The minimum absolute atomic E-state index is 0.00883. The lowest BCUT2D eigenvalue weighted by atomic mass is 10.0. The first-order valence-corrected chi connectivity index (χ1v) is 13.2. The highest BCUT2D eigenvalue weighted by Gasteiger charge is 2.38. The Morgan fingerprint density at radius 2 is 2.03 bits per heavy atom. The van der Waals surface area contributed by atoms with Crippen LogP contribution in [0.1, 0.15) is 52.5 Å². The lowest BCUT2D eigenvalue weighted by Gasteiger charge is -2.37. The Hall–Kier alpha value is -2.12. The Labute approximate surface area is 202 Å². The van der Waals surface area contributed by atoms with E-state index in [2.05, 4.69) is 11.8 Å². The third-order valence-corrected chi connectivity index (χ3v) is 8.24. The third kappa shape index (κ3) is 6.51. The smallest absolute Gasteiger partial charge is 0.247 e. The summed E-state index contributed by atoms with van der Waals surface area (Å²) < 4.78 is 34.6. The van der Waals surface area contributed by atoms with E-state index < -0.39 is 27.8 Å². The summed E-state index contributed by atoms with van der Waals surface area (Å²) in [7, 11) is -2.21. The van der Waals surface area contributed by atoms with Gasteiger partial charge in [0.1, 0.15) is 22.4 Å². The van der Waals surface area contributed by atoms with E-state index in [9.17, 15) is 23.4 Å². The average Bonchev–Trinajstić information content (AvgIpc) is 3.57. The van der Waals surface area contributed by atoms with Crippen molar-refractivity contribution in [3.8, 4) is 17.6 Å². The van der Waals surface area contributed by atoms with Crippen LogP contribution in [-0.2, 0) is 14.8 Å². The van der Waals surface area contributed by atoms with E-state index in [1.54, 1.807) is 44.9 Å². The van der Waals surface area contributed by atoms with Crippen molar-refractivity contribution in [1.82, 2.24) is 9.21 Å². The van der Waals surface area contributed by atoms with Crippen LogP contribution in [0.3, 0.4) is 0 Å². The molecular weight excluding hydrogens is 456 g/mol. The van der Waals surface area contributed by atoms with Crippen molar-refractivity contribution in [3.63, 3.8) is 0 Å². The fraction of sp³-hybridized carbons (Fsp3) is 0.640. The summed E-state index contributed by atoms with van der Waals surface area (Å²) in [5, 5.41) is 19.7. The van der Waals surface area contributed by atoms with Gasteiger partial charge in [-0.25, -0.2) is 8.42 Å². The van der Waals surface area contributed by atoms with Crippen molar-refractivity contribution in [1.29, 1.82) is 0 Å². The molecule has 0 spiro atoms. The molecule has 0 bridgehead atoms. The zero-order valence-corrected chi connectivity index (χ0v) is 21.4. The van der Waals surface area contributed by atoms with Crippen LogP contribution in [0.25, 0.3) is 0 Å². The van der Waals surface area contributed by atoms with E-state index in [0.717, 1.165) is 12.8 Å². The first-order valence-electron chi connectivity index (χ1n) is 11.7. The molecule has 1 amide bonds.